The molecule has 0 aromatic rings. The summed E-state index contributed by atoms with van der Waals surface area (Å²) in [5.41, 5.74) is 0. The van der Waals surface area contributed by atoms with E-state index < -0.39 is 24.2 Å². The molecule has 4 N–H and O–H groups in total. The number of nitrogens with one attached hydrogen (secondary N) is 1. The van der Waals surface area contributed by atoms with E-state index in [2.05, 4.69) is 37.4 Å². The second-order valence-electron chi connectivity index (χ2n) is 12.4. The second kappa shape index (κ2) is 33.5. The van der Waals surface area contributed by atoms with Gasteiger partial charge in [-0.1, -0.05) is 159 Å². The lowest BCUT2D eigenvalue weighted by atomic mass is 10.0. The Morgan fingerprint density at radius 3 is 1.44 bits per heavy atom. The number of allylic oxidation sites excluding steroid dienone is 5. The van der Waals surface area contributed by atoms with Crippen molar-refractivity contribution in [1.29, 1.82) is 0 Å². The molecule has 0 rings (SSSR count). The molecular formula is C38H71NO4. The van der Waals surface area contributed by atoms with Gasteiger partial charge in [-0.25, -0.2) is 0 Å². The third kappa shape index (κ3) is 29.1. The van der Waals surface area contributed by atoms with E-state index in [0.717, 1.165) is 25.7 Å². The van der Waals surface area contributed by atoms with E-state index in [1.165, 1.54) is 122 Å². The van der Waals surface area contributed by atoms with Crippen molar-refractivity contribution in [2.75, 3.05) is 6.61 Å². The molecule has 0 heterocycles. The van der Waals surface area contributed by atoms with Crippen LogP contribution in [0.25, 0.3) is 0 Å². The van der Waals surface area contributed by atoms with Crippen molar-refractivity contribution in [2.24, 2.45) is 0 Å². The smallest absolute Gasteiger partial charge is 0.249 e. The Kier molecular flexibility index (Phi) is 32.3. The fourth-order valence-corrected chi connectivity index (χ4v) is 5.26. The van der Waals surface area contributed by atoms with Gasteiger partial charge in [0.1, 0.15) is 6.10 Å². The molecule has 0 aromatic heterocycles. The van der Waals surface area contributed by atoms with E-state index in [9.17, 15) is 20.1 Å². The number of carbonyl (C=O) groups is 1. The molecule has 0 aromatic carbocycles. The normalized spacial score (nSPS) is 14.3. The summed E-state index contributed by atoms with van der Waals surface area (Å²) in [6.07, 6.45) is 40.5. The lowest BCUT2D eigenvalue weighted by Crippen LogP contribution is -2.48. The Morgan fingerprint density at radius 1 is 0.558 bits per heavy atom. The van der Waals surface area contributed by atoms with Gasteiger partial charge in [0.25, 0.3) is 0 Å². The summed E-state index contributed by atoms with van der Waals surface area (Å²) in [4.78, 5) is 12.3. The Balaban J connectivity index is 3.75. The molecule has 252 valence electrons. The van der Waals surface area contributed by atoms with Crippen LogP contribution >= 0.6 is 0 Å². The van der Waals surface area contributed by atoms with Crippen LogP contribution in [0.3, 0.4) is 0 Å². The highest BCUT2D eigenvalue weighted by atomic mass is 16.3. The van der Waals surface area contributed by atoms with E-state index in [-0.39, 0.29) is 6.61 Å². The van der Waals surface area contributed by atoms with Gasteiger partial charge < -0.3 is 20.6 Å². The van der Waals surface area contributed by atoms with Crippen molar-refractivity contribution in [3.8, 4) is 0 Å². The van der Waals surface area contributed by atoms with E-state index in [0.29, 0.717) is 12.8 Å². The molecule has 0 spiro atoms. The van der Waals surface area contributed by atoms with Gasteiger partial charge in [0, 0.05) is 0 Å². The SMILES string of the molecule is CCCCCC/C=C\CCC(O)C(=O)NC(CO)C(O)/C=C/CC/C=C/CCCCCCCCCCCCCCCCC. The summed E-state index contributed by atoms with van der Waals surface area (Å²) in [6, 6.07) is -0.826. The fraction of sp³-hybridized carbons (Fsp3) is 0.816. The molecule has 0 aliphatic rings. The number of aliphatic hydroxyl groups excluding tert-OH is 3. The summed E-state index contributed by atoms with van der Waals surface area (Å²) in [7, 11) is 0. The maximum atomic E-state index is 12.3. The topological polar surface area (TPSA) is 89.8 Å². The first-order chi connectivity index (χ1) is 21.1. The minimum Gasteiger partial charge on any atom is -0.394 e. The van der Waals surface area contributed by atoms with E-state index in [1.54, 1.807) is 6.08 Å². The molecule has 3 unspecified atom stereocenters. The molecular weight excluding hydrogens is 534 g/mol. The number of amides is 1. The van der Waals surface area contributed by atoms with Gasteiger partial charge in [-0.15, -0.1) is 0 Å². The van der Waals surface area contributed by atoms with Crippen LogP contribution in [0.2, 0.25) is 0 Å². The molecule has 0 saturated carbocycles. The zero-order valence-corrected chi connectivity index (χ0v) is 28.3. The maximum Gasteiger partial charge on any atom is 0.249 e. The molecule has 0 bridgehead atoms. The molecule has 5 nitrogen and oxygen atoms in total. The average molecular weight is 606 g/mol. The van der Waals surface area contributed by atoms with Gasteiger partial charge in [-0.05, 0) is 51.4 Å². The average Bonchev–Trinajstić information content (AvgIpc) is 3.01. The van der Waals surface area contributed by atoms with Crippen LogP contribution in [0, 0.1) is 0 Å². The van der Waals surface area contributed by atoms with Crippen LogP contribution in [0.5, 0.6) is 0 Å². The summed E-state index contributed by atoms with van der Waals surface area (Å²) in [5.74, 6) is -0.551. The molecule has 0 aliphatic carbocycles. The van der Waals surface area contributed by atoms with Crippen LogP contribution in [0.1, 0.15) is 174 Å². The van der Waals surface area contributed by atoms with E-state index in [4.69, 9.17) is 0 Å². The first-order valence-electron chi connectivity index (χ1n) is 18.3. The van der Waals surface area contributed by atoms with Crippen LogP contribution in [0.4, 0.5) is 0 Å². The van der Waals surface area contributed by atoms with Crippen molar-refractivity contribution in [1.82, 2.24) is 5.32 Å². The molecule has 1 amide bonds. The highest BCUT2D eigenvalue weighted by Gasteiger charge is 2.22. The molecule has 0 fully saturated rings. The molecule has 3 atom stereocenters. The van der Waals surface area contributed by atoms with Crippen LogP contribution < -0.4 is 5.32 Å². The maximum absolute atomic E-state index is 12.3. The Hall–Kier alpha value is -1.43. The summed E-state index contributed by atoms with van der Waals surface area (Å²) < 4.78 is 0. The Labute approximate surface area is 266 Å². The zero-order valence-electron chi connectivity index (χ0n) is 28.3. The quantitative estimate of drug-likeness (QED) is 0.0454. The minimum absolute atomic E-state index is 0.326. The standard InChI is InChI=1S/C38H71NO4/c1-3-5-7-9-11-13-14-15-16-17-18-19-20-21-22-23-24-25-27-28-30-32-36(41)35(34-40)39-38(43)37(42)33-31-29-26-12-10-8-6-4-2/h24-26,29-30,32,35-37,40-42H,3-23,27-28,31,33-34H2,1-2H3,(H,39,43)/b25-24+,29-26-,32-30+. The number of aliphatic hydroxyl groups is 3. The van der Waals surface area contributed by atoms with Crippen LogP contribution in [-0.4, -0.2) is 46.1 Å². The molecule has 0 radical (unpaired) electrons. The second-order valence-corrected chi connectivity index (χ2v) is 12.4. The number of hydrogen-bond acceptors (Lipinski definition) is 4. The summed E-state index contributed by atoms with van der Waals surface area (Å²) >= 11 is 0. The van der Waals surface area contributed by atoms with Crippen molar-refractivity contribution in [3.05, 3.63) is 36.5 Å². The number of unbranched alkanes of at least 4 members (excludes halogenated alkanes) is 20. The third-order valence-electron chi connectivity index (χ3n) is 8.21. The number of carbonyl (C=O) groups excluding carboxylic acids is 1. The molecule has 43 heavy (non-hydrogen) atoms. The lowest BCUT2D eigenvalue weighted by molar-refractivity contribution is -0.131. The summed E-state index contributed by atoms with van der Waals surface area (Å²) in [5, 5.41) is 32.7. The zero-order chi connectivity index (χ0) is 31.6. The molecule has 5 heteroatoms. The first-order valence-corrected chi connectivity index (χ1v) is 18.3. The van der Waals surface area contributed by atoms with Gasteiger partial charge in [-0.3, -0.25) is 4.79 Å². The first kappa shape index (κ1) is 41.6. The Morgan fingerprint density at radius 2 is 0.953 bits per heavy atom. The largest absolute Gasteiger partial charge is 0.394 e. The molecule has 0 saturated heterocycles. The lowest BCUT2D eigenvalue weighted by Gasteiger charge is -2.21. The van der Waals surface area contributed by atoms with Gasteiger partial charge in [0.15, 0.2) is 0 Å². The van der Waals surface area contributed by atoms with Crippen LogP contribution in [0.15, 0.2) is 36.5 Å². The fourth-order valence-electron chi connectivity index (χ4n) is 5.26. The van der Waals surface area contributed by atoms with Gasteiger partial charge in [0.05, 0.1) is 18.8 Å². The third-order valence-corrected chi connectivity index (χ3v) is 8.21. The Bertz CT molecular complexity index is 675. The van der Waals surface area contributed by atoms with Crippen molar-refractivity contribution >= 4 is 5.91 Å². The van der Waals surface area contributed by atoms with Crippen LogP contribution in [-0.2, 0) is 4.79 Å². The van der Waals surface area contributed by atoms with Crippen molar-refractivity contribution < 1.29 is 20.1 Å². The summed E-state index contributed by atoms with van der Waals surface area (Å²) in [6.45, 7) is 4.09. The van der Waals surface area contributed by atoms with Gasteiger partial charge in [0.2, 0.25) is 5.91 Å². The van der Waals surface area contributed by atoms with Crippen molar-refractivity contribution in [2.45, 2.75) is 193 Å². The van der Waals surface area contributed by atoms with E-state index >= 15 is 0 Å². The van der Waals surface area contributed by atoms with E-state index in [1.807, 2.05) is 12.2 Å². The number of hydrogen-bond donors (Lipinski definition) is 4. The van der Waals surface area contributed by atoms with Crippen molar-refractivity contribution in [3.63, 3.8) is 0 Å². The van der Waals surface area contributed by atoms with Gasteiger partial charge in [-0.2, -0.15) is 0 Å². The minimum atomic E-state index is -1.15. The predicted octanol–water partition coefficient (Wildman–Crippen LogP) is 9.65. The highest BCUT2D eigenvalue weighted by Crippen LogP contribution is 2.14. The van der Waals surface area contributed by atoms with Gasteiger partial charge >= 0.3 is 0 Å². The number of rotatable bonds is 32. The monoisotopic (exact) mass is 606 g/mol. The molecule has 0 aliphatic heterocycles. The highest BCUT2D eigenvalue weighted by molar-refractivity contribution is 5.80. The predicted molar refractivity (Wildman–Crippen MR) is 185 cm³/mol.